The Hall–Kier alpha value is -2.23. The number of aromatic nitrogens is 4. The molecule has 10 heteroatoms. The number of anilines is 1. The first kappa shape index (κ1) is 16.6. The van der Waals surface area contributed by atoms with Crippen molar-refractivity contribution in [1.82, 2.24) is 25.2 Å². The van der Waals surface area contributed by atoms with E-state index in [4.69, 9.17) is 0 Å². The Morgan fingerprint density at radius 3 is 2.62 bits per heavy atom. The number of halogens is 3. The largest absolute Gasteiger partial charge is 0.433 e. The first-order valence-corrected chi connectivity index (χ1v) is 7.58. The molecule has 0 saturated carbocycles. The number of piperidine rings is 1. The summed E-state index contributed by atoms with van der Waals surface area (Å²) >= 11 is 0. The van der Waals surface area contributed by atoms with Crippen molar-refractivity contribution in [2.24, 2.45) is 0 Å². The molecule has 0 bridgehead atoms. The van der Waals surface area contributed by atoms with Crippen LogP contribution in [0.2, 0.25) is 0 Å². The summed E-state index contributed by atoms with van der Waals surface area (Å²) in [6.07, 6.45) is -1.93. The van der Waals surface area contributed by atoms with Crippen molar-refractivity contribution in [3.8, 4) is 0 Å². The molecule has 1 aliphatic heterocycles. The first-order chi connectivity index (χ1) is 11.4. The number of hydrogen-bond acceptors (Lipinski definition) is 7. The van der Waals surface area contributed by atoms with Gasteiger partial charge >= 0.3 is 6.18 Å². The predicted octanol–water partition coefficient (Wildman–Crippen LogP) is 2.26. The Morgan fingerprint density at radius 1 is 1.25 bits per heavy atom. The molecular weight excluding hydrogens is 325 g/mol. The number of hydrogen-bond donors (Lipinski definition) is 1. The Morgan fingerprint density at radius 2 is 2.00 bits per heavy atom. The highest BCUT2D eigenvalue weighted by molar-refractivity contribution is 5.36. The zero-order chi connectivity index (χ0) is 17.2. The van der Waals surface area contributed by atoms with Crippen LogP contribution < -0.4 is 5.32 Å². The number of likely N-dealkylation sites (tertiary alicyclic amines) is 1. The summed E-state index contributed by atoms with van der Waals surface area (Å²) in [6, 6.07) is 1.02. The second-order valence-corrected chi connectivity index (χ2v) is 5.78. The van der Waals surface area contributed by atoms with E-state index in [-0.39, 0.29) is 11.9 Å². The van der Waals surface area contributed by atoms with Gasteiger partial charge in [-0.3, -0.25) is 4.90 Å². The fraction of sp³-hybridized carbons (Fsp3) is 0.571. The smallest absolute Gasteiger partial charge is 0.367 e. The molecule has 0 aliphatic carbocycles. The molecule has 1 fully saturated rings. The van der Waals surface area contributed by atoms with Crippen LogP contribution in [0.5, 0.6) is 0 Å². The molecule has 0 unspecified atom stereocenters. The number of alkyl halides is 3. The van der Waals surface area contributed by atoms with Crippen LogP contribution in [0.1, 0.15) is 29.9 Å². The molecule has 1 aliphatic rings. The highest BCUT2D eigenvalue weighted by Crippen LogP contribution is 2.28. The molecule has 3 rings (SSSR count). The predicted molar refractivity (Wildman–Crippen MR) is 78.0 cm³/mol. The molecule has 1 saturated heterocycles. The minimum absolute atomic E-state index is 0.0776. The van der Waals surface area contributed by atoms with E-state index >= 15 is 0 Å². The van der Waals surface area contributed by atoms with Gasteiger partial charge < -0.3 is 5.32 Å². The van der Waals surface area contributed by atoms with Gasteiger partial charge in [0.1, 0.15) is 29.2 Å². The summed E-state index contributed by atoms with van der Waals surface area (Å²) in [7, 11) is 0. The zero-order valence-electron chi connectivity index (χ0n) is 13.0. The van der Waals surface area contributed by atoms with Crippen molar-refractivity contribution >= 4 is 5.82 Å². The summed E-state index contributed by atoms with van der Waals surface area (Å²) in [5.41, 5.74) is 0.648. The van der Waals surface area contributed by atoms with Crippen LogP contribution in [-0.2, 0) is 12.7 Å². The molecule has 2 aromatic rings. The van der Waals surface area contributed by atoms with E-state index in [0.29, 0.717) is 6.54 Å². The zero-order valence-corrected chi connectivity index (χ0v) is 13.0. The fourth-order valence-electron chi connectivity index (χ4n) is 2.64. The summed E-state index contributed by atoms with van der Waals surface area (Å²) in [4.78, 5) is 9.35. The van der Waals surface area contributed by atoms with E-state index in [1.807, 2.05) is 6.92 Å². The van der Waals surface area contributed by atoms with E-state index in [2.05, 4.69) is 35.1 Å². The lowest BCUT2D eigenvalue weighted by molar-refractivity contribution is -0.141. The molecule has 0 atom stereocenters. The minimum atomic E-state index is -4.47. The molecule has 2 aromatic heterocycles. The third kappa shape index (κ3) is 3.99. The first-order valence-electron chi connectivity index (χ1n) is 7.58. The van der Waals surface area contributed by atoms with Crippen LogP contribution >= 0.6 is 0 Å². The van der Waals surface area contributed by atoms with Crippen molar-refractivity contribution in [2.45, 2.75) is 38.5 Å². The lowest BCUT2D eigenvalue weighted by Crippen LogP contribution is -2.39. The van der Waals surface area contributed by atoms with Gasteiger partial charge in [-0.05, 0) is 19.8 Å². The number of aryl methyl sites for hydroxylation is 1. The van der Waals surface area contributed by atoms with E-state index in [9.17, 15) is 13.2 Å². The molecular formula is C14H17F3N6O. The molecule has 0 amide bonds. The van der Waals surface area contributed by atoms with Crippen LogP contribution in [0, 0.1) is 6.92 Å². The summed E-state index contributed by atoms with van der Waals surface area (Å²) < 4.78 is 42.7. The lowest BCUT2D eigenvalue weighted by Gasteiger charge is -2.32. The van der Waals surface area contributed by atoms with Crippen molar-refractivity contribution in [2.75, 3.05) is 18.4 Å². The average Bonchev–Trinajstić information content (AvgIpc) is 2.94. The van der Waals surface area contributed by atoms with E-state index in [1.54, 1.807) is 0 Å². The molecule has 3 heterocycles. The molecule has 7 nitrogen and oxygen atoms in total. The van der Waals surface area contributed by atoms with Crippen molar-refractivity contribution in [3.05, 3.63) is 29.5 Å². The molecule has 0 radical (unpaired) electrons. The Kier molecular flexibility index (Phi) is 4.65. The minimum Gasteiger partial charge on any atom is -0.367 e. The van der Waals surface area contributed by atoms with Gasteiger partial charge in [-0.2, -0.15) is 13.2 Å². The van der Waals surface area contributed by atoms with Crippen LogP contribution in [0.15, 0.2) is 17.0 Å². The van der Waals surface area contributed by atoms with E-state index < -0.39 is 11.9 Å². The molecule has 0 spiro atoms. The highest BCUT2D eigenvalue weighted by Gasteiger charge is 2.33. The monoisotopic (exact) mass is 342 g/mol. The third-order valence-corrected chi connectivity index (χ3v) is 4.02. The van der Waals surface area contributed by atoms with Gasteiger partial charge in [0.05, 0.1) is 0 Å². The summed E-state index contributed by atoms with van der Waals surface area (Å²) in [6.45, 7) is 4.11. The van der Waals surface area contributed by atoms with E-state index in [0.717, 1.165) is 49.7 Å². The average molecular weight is 342 g/mol. The van der Waals surface area contributed by atoms with Gasteiger partial charge in [-0.25, -0.2) is 14.6 Å². The maximum absolute atomic E-state index is 12.7. The SMILES string of the molecule is Cc1nonc1CN1CCC(Nc2cc(C(F)(F)F)ncn2)CC1. The van der Waals surface area contributed by atoms with Crippen molar-refractivity contribution in [3.63, 3.8) is 0 Å². The second-order valence-electron chi connectivity index (χ2n) is 5.78. The van der Waals surface area contributed by atoms with Gasteiger partial charge in [0.25, 0.3) is 0 Å². The summed E-state index contributed by atoms with van der Waals surface area (Å²) in [5.74, 6) is 0.201. The van der Waals surface area contributed by atoms with Gasteiger partial charge in [0, 0.05) is 31.7 Å². The number of nitrogens with one attached hydrogen (secondary N) is 1. The van der Waals surface area contributed by atoms with Crippen LogP contribution in [0.4, 0.5) is 19.0 Å². The molecule has 24 heavy (non-hydrogen) atoms. The van der Waals surface area contributed by atoms with E-state index in [1.165, 1.54) is 0 Å². The van der Waals surface area contributed by atoms with Crippen molar-refractivity contribution < 1.29 is 17.8 Å². The summed E-state index contributed by atoms with van der Waals surface area (Å²) in [5, 5.41) is 10.7. The molecule has 130 valence electrons. The van der Waals surface area contributed by atoms with Gasteiger partial charge in [-0.15, -0.1) is 0 Å². The van der Waals surface area contributed by atoms with Crippen LogP contribution in [0.3, 0.4) is 0 Å². The number of rotatable bonds is 4. The van der Waals surface area contributed by atoms with Crippen LogP contribution in [-0.4, -0.2) is 44.3 Å². The maximum atomic E-state index is 12.7. The standard InChI is InChI=1S/C14H17F3N6O/c1-9-11(22-24-21-9)7-23-4-2-10(3-5-23)20-13-6-12(14(15,16)17)18-8-19-13/h6,8,10H,2-5,7H2,1H3,(H,18,19,20). The fourth-order valence-corrected chi connectivity index (χ4v) is 2.64. The highest BCUT2D eigenvalue weighted by atomic mass is 19.4. The van der Waals surface area contributed by atoms with Crippen molar-refractivity contribution in [1.29, 1.82) is 0 Å². The Balaban J connectivity index is 1.53. The van der Waals surface area contributed by atoms with Gasteiger partial charge in [0.2, 0.25) is 0 Å². The maximum Gasteiger partial charge on any atom is 0.433 e. The topological polar surface area (TPSA) is 80.0 Å². The quantitative estimate of drug-likeness (QED) is 0.913. The second kappa shape index (κ2) is 6.71. The molecule has 0 aromatic carbocycles. The van der Waals surface area contributed by atoms with Crippen LogP contribution in [0.25, 0.3) is 0 Å². The lowest BCUT2D eigenvalue weighted by atomic mass is 10.0. The van der Waals surface area contributed by atoms with Gasteiger partial charge in [0.15, 0.2) is 0 Å². The molecule has 1 N–H and O–H groups in total. The van der Waals surface area contributed by atoms with Gasteiger partial charge in [-0.1, -0.05) is 10.3 Å². The Bertz CT molecular complexity index is 681. The number of nitrogens with zero attached hydrogens (tertiary/aromatic N) is 5. The Labute approximate surface area is 136 Å². The third-order valence-electron chi connectivity index (χ3n) is 4.02. The normalized spacial score (nSPS) is 17.2.